The van der Waals surface area contributed by atoms with Gasteiger partial charge in [-0.25, -0.2) is 8.42 Å². The Kier molecular flexibility index (Phi) is 9.01. The molecule has 0 spiro atoms. The molecule has 0 bridgehead atoms. The fourth-order valence-corrected chi connectivity index (χ4v) is 6.73. The second kappa shape index (κ2) is 12.9. The lowest BCUT2D eigenvalue weighted by atomic mass is 10.1. The van der Waals surface area contributed by atoms with Crippen molar-refractivity contribution in [3.63, 3.8) is 0 Å². The monoisotopic (exact) mass is 591 g/mol. The molecule has 0 unspecified atom stereocenters. The number of aryl methyl sites for hydroxylation is 1. The van der Waals surface area contributed by atoms with Gasteiger partial charge in [-0.3, -0.25) is 13.9 Å². The molecular weight excluding hydrogens is 554 g/mol. The first-order chi connectivity index (χ1) is 20.2. The zero-order chi connectivity index (χ0) is 29.7. The normalized spacial score (nSPS) is 15.6. The molecule has 0 saturated heterocycles. The lowest BCUT2D eigenvalue weighted by molar-refractivity contribution is -0.139. The van der Waals surface area contributed by atoms with E-state index in [0.29, 0.717) is 24.7 Å². The van der Waals surface area contributed by atoms with E-state index in [9.17, 15) is 18.0 Å². The van der Waals surface area contributed by atoms with E-state index in [1.54, 1.807) is 43.3 Å². The van der Waals surface area contributed by atoms with E-state index in [0.717, 1.165) is 41.1 Å². The maximum Gasteiger partial charge on any atom is 0.264 e. The van der Waals surface area contributed by atoms with Crippen LogP contribution in [0.4, 0.5) is 5.69 Å². The van der Waals surface area contributed by atoms with Gasteiger partial charge in [-0.2, -0.15) is 0 Å². The van der Waals surface area contributed by atoms with E-state index in [4.69, 9.17) is 9.47 Å². The van der Waals surface area contributed by atoms with Crippen molar-refractivity contribution in [3.05, 3.63) is 83.9 Å². The number of fused-ring (bicyclic) bond motifs is 1. The van der Waals surface area contributed by atoms with Crippen LogP contribution >= 0.6 is 0 Å². The molecule has 1 atom stereocenters. The fourth-order valence-electron chi connectivity index (χ4n) is 5.30. The molecule has 42 heavy (non-hydrogen) atoms. The number of hydrogen-bond acceptors (Lipinski definition) is 6. The summed E-state index contributed by atoms with van der Waals surface area (Å²) in [6.07, 6.45) is 3.95. The van der Waals surface area contributed by atoms with Gasteiger partial charge in [0.2, 0.25) is 11.8 Å². The van der Waals surface area contributed by atoms with Crippen molar-refractivity contribution in [1.82, 2.24) is 10.2 Å². The number of hydrogen-bond donors (Lipinski definition) is 1. The molecule has 5 rings (SSSR count). The Balaban J connectivity index is 1.48. The van der Waals surface area contributed by atoms with Crippen LogP contribution in [-0.4, -0.2) is 57.0 Å². The molecule has 0 aromatic heterocycles. The zero-order valence-electron chi connectivity index (χ0n) is 24.0. The summed E-state index contributed by atoms with van der Waals surface area (Å²) in [5.74, 6) is 0.157. The van der Waals surface area contributed by atoms with Crippen LogP contribution in [0.25, 0.3) is 0 Å². The number of ether oxygens (including phenoxy) is 2. The quantitative estimate of drug-likeness (QED) is 0.374. The highest BCUT2D eigenvalue weighted by atomic mass is 32.2. The molecule has 1 saturated carbocycles. The van der Waals surface area contributed by atoms with Crippen molar-refractivity contribution in [2.24, 2.45) is 0 Å². The van der Waals surface area contributed by atoms with Crippen LogP contribution in [0.1, 0.15) is 43.7 Å². The molecule has 1 heterocycles. The predicted octanol–water partition coefficient (Wildman–Crippen LogP) is 4.44. The fraction of sp³-hybridized carbons (Fsp3) is 0.375. The molecule has 2 aliphatic rings. The van der Waals surface area contributed by atoms with Gasteiger partial charge in [0, 0.05) is 18.7 Å². The first kappa shape index (κ1) is 29.4. The Labute approximate surface area is 247 Å². The summed E-state index contributed by atoms with van der Waals surface area (Å²) in [4.78, 5) is 29.0. The van der Waals surface area contributed by atoms with Gasteiger partial charge in [-0.05, 0) is 56.5 Å². The third-order valence-electron chi connectivity index (χ3n) is 7.77. The number of carbonyl (C=O) groups excluding carboxylic acids is 2. The molecule has 0 radical (unpaired) electrons. The number of benzene rings is 3. The van der Waals surface area contributed by atoms with Crippen molar-refractivity contribution < 1.29 is 27.5 Å². The first-order valence-corrected chi connectivity index (χ1v) is 15.8. The Morgan fingerprint density at radius 3 is 2.29 bits per heavy atom. The topological polar surface area (TPSA) is 105 Å². The summed E-state index contributed by atoms with van der Waals surface area (Å²) in [7, 11) is -4.16. The Morgan fingerprint density at radius 1 is 0.929 bits per heavy atom. The molecule has 1 N–H and O–H groups in total. The number of amides is 2. The van der Waals surface area contributed by atoms with Crippen LogP contribution in [-0.2, 0) is 26.2 Å². The van der Waals surface area contributed by atoms with Crippen molar-refractivity contribution in [1.29, 1.82) is 0 Å². The highest BCUT2D eigenvalue weighted by Crippen LogP contribution is 2.36. The first-order valence-electron chi connectivity index (χ1n) is 14.4. The SMILES string of the molecule is Cc1ccc(CN(C(=O)CN(c2ccc3c(c2)OCCO3)S(=O)(=O)c2ccccc2)[C@H](C)C(=O)NC2CCCC2)cc1. The van der Waals surface area contributed by atoms with Crippen LogP contribution in [0.3, 0.4) is 0 Å². The Morgan fingerprint density at radius 2 is 1.60 bits per heavy atom. The highest BCUT2D eigenvalue weighted by Gasteiger charge is 2.34. The summed E-state index contributed by atoms with van der Waals surface area (Å²) in [5, 5.41) is 3.09. The average Bonchev–Trinajstić information content (AvgIpc) is 3.52. The minimum absolute atomic E-state index is 0.0461. The lowest BCUT2D eigenvalue weighted by Gasteiger charge is -2.32. The highest BCUT2D eigenvalue weighted by molar-refractivity contribution is 7.92. The van der Waals surface area contributed by atoms with Crippen LogP contribution in [0.2, 0.25) is 0 Å². The predicted molar refractivity (Wildman–Crippen MR) is 160 cm³/mol. The summed E-state index contributed by atoms with van der Waals surface area (Å²) >= 11 is 0. The van der Waals surface area contributed by atoms with Crippen molar-refractivity contribution in [3.8, 4) is 11.5 Å². The van der Waals surface area contributed by atoms with Crippen LogP contribution < -0.4 is 19.1 Å². The summed E-state index contributed by atoms with van der Waals surface area (Å²) < 4.78 is 40.4. The largest absolute Gasteiger partial charge is 0.486 e. The molecule has 1 aliphatic heterocycles. The van der Waals surface area contributed by atoms with Gasteiger partial charge < -0.3 is 19.7 Å². The maximum absolute atomic E-state index is 14.1. The van der Waals surface area contributed by atoms with Crippen LogP contribution in [0.5, 0.6) is 11.5 Å². The molecular formula is C32H37N3O6S. The van der Waals surface area contributed by atoms with Crippen molar-refractivity contribution in [2.75, 3.05) is 24.1 Å². The molecule has 222 valence electrons. The summed E-state index contributed by atoms with van der Waals surface area (Å²) in [6.45, 7) is 4.04. The zero-order valence-corrected chi connectivity index (χ0v) is 24.8. The smallest absolute Gasteiger partial charge is 0.264 e. The number of rotatable bonds is 10. The Bertz CT molecular complexity index is 1500. The van der Waals surface area contributed by atoms with Gasteiger partial charge in [0.1, 0.15) is 25.8 Å². The molecule has 10 heteroatoms. The van der Waals surface area contributed by atoms with E-state index in [-0.39, 0.29) is 29.1 Å². The molecule has 3 aromatic rings. The third-order valence-corrected chi connectivity index (χ3v) is 9.55. The van der Waals surface area contributed by atoms with E-state index in [2.05, 4.69) is 5.32 Å². The van der Waals surface area contributed by atoms with E-state index < -0.39 is 28.5 Å². The van der Waals surface area contributed by atoms with Crippen molar-refractivity contribution in [2.45, 2.75) is 63.1 Å². The third kappa shape index (κ3) is 6.70. The minimum Gasteiger partial charge on any atom is -0.486 e. The van der Waals surface area contributed by atoms with Gasteiger partial charge in [0.25, 0.3) is 10.0 Å². The second-order valence-electron chi connectivity index (χ2n) is 10.8. The standard InChI is InChI=1S/C32H37N3O6S/c1-23-12-14-25(15-13-23)21-34(24(2)32(37)33-26-8-6-7-9-26)31(36)22-35(42(38,39)28-10-4-3-5-11-28)27-16-17-29-30(20-27)41-19-18-40-29/h3-5,10-17,20,24,26H,6-9,18-19,21-22H2,1-2H3,(H,33,37)/t24-/m1/s1. The van der Waals surface area contributed by atoms with E-state index in [1.807, 2.05) is 31.2 Å². The molecule has 1 aliphatic carbocycles. The van der Waals surface area contributed by atoms with Gasteiger partial charge in [-0.1, -0.05) is 60.9 Å². The van der Waals surface area contributed by atoms with E-state index in [1.165, 1.54) is 17.0 Å². The molecule has 9 nitrogen and oxygen atoms in total. The molecule has 3 aromatic carbocycles. The van der Waals surface area contributed by atoms with E-state index >= 15 is 0 Å². The number of sulfonamides is 1. The number of nitrogens with zero attached hydrogens (tertiary/aromatic N) is 2. The average molecular weight is 592 g/mol. The Hall–Kier alpha value is -4.05. The lowest BCUT2D eigenvalue weighted by Crippen LogP contribution is -2.52. The van der Waals surface area contributed by atoms with Crippen molar-refractivity contribution >= 4 is 27.5 Å². The summed E-state index contributed by atoms with van der Waals surface area (Å²) in [5.41, 5.74) is 2.17. The number of anilines is 1. The van der Waals surface area contributed by atoms with Gasteiger partial charge >= 0.3 is 0 Å². The van der Waals surface area contributed by atoms with Gasteiger partial charge in [0.15, 0.2) is 11.5 Å². The minimum atomic E-state index is -4.16. The number of carbonyl (C=O) groups is 2. The van der Waals surface area contributed by atoms with Gasteiger partial charge in [0.05, 0.1) is 10.6 Å². The second-order valence-corrected chi connectivity index (χ2v) is 12.7. The number of nitrogens with one attached hydrogen (secondary N) is 1. The molecule has 1 fully saturated rings. The molecule has 2 amide bonds. The van der Waals surface area contributed by atoms with Crippen LogP contribution in [0, 0.1) is 6.92 Å². The summed E-state index contributed by atoms with van der Waals surface area (Å²) in [6, 6.07) is 19.8. The van der Waals surface area contributed by atoms with Crippen LogP contribution in [0.15, 0.2) is 77.7 Å². The maximum atomic E-state index is 14.1. The van der Waals surface area contributed by atoms with Gasteiger partial charge in [-0.15, -0.1) is 0 Å².